The van der Waals surface area contributed by atoms with Crippen LogP contribution in [0.3, 0.4) is 0 Å². The van der Waals surface area contributed by atoms with Gasteiger partial charge in [0.05, 0.1) is 10.6 Å². The lowest BCUT2D eigenvalue weighted by Crippen LogP contribution is -2.49. The van der Waals surface area contributed by atoms with E-state index in [1.54, 1.807) is 30.3 Å². The van der Waals surface area contributed by atoms with Gasteiger partial charge in [0.2, 0.25) is 0 Å². The summed E-state index contributed by atoms with van der Waals surface area (Å²) in [5.41, 5.74) is 5.22. The van der Waals surface area contributed by atoms with E-state index in [1.165, 1.54) is 6.07 Å². The van der Waals surface area contributed by atoms with Crippen LogP contribution in [0, 0.1) is 3.57 Å². The van der Waals surface area contributed by atoms with E-state index in [2.05, 4.69) is 16.2 Å². The lowest BCUT2D eigenvalue weighted by molar-refractivity contribution is -0.123. The van der Waals surface area contributed by atoms with E-state index < -0.39 is 5.91 Å². The van der Waals surface area contributed by atoms with Crippen LogP contribution in [-0.4, -0.2) is 23.5 Å². The Morgan fingerprint density at radius 1 is 1.12 bits per heavy atom. The Kier molecular flexibility index (Phi) is 7.88. The van der Waals surface area contributed by atoms with Gasteiger partial charge in [-0.25, -0.2) is 0 Å². The molecule has 0 aliphatic carbocycles. The maximum Gasteiger partial charge on any atom is 0.276 e. The van der Waals surface area contributed by atoms with Gasteiger partial charge in [-0.15, -0.1) is 0 Å². The zero-order valence-electron chi connectivity index (χ0n) is 13.0. The van der Waals surface area contributed by atoms with E-state index >= 15 is 0 Å². The van der Waals surface area contributed by atoms with Crippen LogP contribution in [0.2, 0.25) is 10.0 Å². The first-order valence-corrected chi connectivity index (χ1v) is 9.33. The summed E-state index contributed by atoms with van der Waals surface area (Å²) in [7, 11) is 0. The predicted molar refractivity (Wildman–Crippen MR) is 112 cm³/mol. The van der Waals surface area contributed by atoms with Gasteiger partial charge in [0, 0.05) is 8.59 Å². The van der Waals surface area contributed by atoms with E-state index in [4.69, 9.17) is 40.2 Å². The fraction of sp³-hybridized carbons (Fsp3) is 0.0625. The molecular weight excluding hydrogens is 512 g/mol. The molecule has 0 saturated carbocycles. The highest BCUT2D eigenvalue weighted by Crippen LogP contribution is 2.27. The number of nitrogens with one attached hydrogen (secondary N) is 3. The number of carbonyl (C=O) groups is 2. The zero-order valence-corrected chi connectivity index (χ0v) is 17.5. The van der Waals surface area contributed by atoms with Gasteiger partial charge in [-0.1, -0.05) is 35.3 Å². The molecule has 136 valence electrons. The minimum atomic E-state index is -0.512. The third-order valence-electron chi connectivity index (χ3n) is 2.91. The molecule has 0 aromatic heterocycles. The molecule has 10 heteroatoms. The molecule has 0 radical (unpaired) electrons. The van der Waals surface area contributed by atoms with Crippen LogP contribution in [0.15, 0.2) is 42.5 Å². The van der Waals surface area contributed by atoms with E-state index in [-0.39, 0.29) is 17.6 Å². The molecule has 0 heterocycles. The summed E-state index contributed by atoms with van der Waals surface area (Å²) >= 11 is 18.7. The second-order valence-corrected chi connectivity index (χ2v) is 7.21. The third-order valence-corrected chi connectivity index (χ3v) is 4.59. The summed E-state index contributed by atoms with van der Waals surface area (Å²) < 4.78 is 6.06. The largest absolute Gasteiger partial charge is 0.482 e. The molecule has 2 aromatic rings. The van der Waals surface area contributed by atoms with E-state index in [0.717, 1.165) is 3.57 Å². The van der Waals surface area contributed by atoms with E-state index in [9.17, 15) is 9.59 Å². The maximum absolute atomic E-state index is 12.1. The number of thiocarbonyl (C=S) groups is 1. The number of benzene rings is 2. The molecule has 3 N–H and O–H groups in total. The van der Waals surface area contributed by atoms with Crippen LogP contribution < -0.4 is 20.9 Å². The van der Waals surface area contributed by atoms with Crippen molar-refractivity contribution in [3.63, 3.8) is 0 Å². The number of ether oxygens (including phenoxy) is 1. The van der Waals surface area contributed by atoms with Gasteiger partial charge in [-0.3, -0.25) is 25.8 Å². The van der Waals surface area contributed by atoms with Crippen molar-refractivity contribution in [1.29, 1.82) is 0 Å². The molecule has 0 spiro atoms. The lowest BCUT2D eigenvalue weighted by atomic mass is 10.2. The first kappa shape index (κ1) is 20.7. The molecule has 2 aromatic carbocycles. The molecule has 2 amide bonds. The maximum atomic E-state index is 12.1. The Morgan fingerprint density at radius 3 is 2.54 bits per heavy atom. The highest BCUT2D eigenvalue weighted by atomic mass is 127. The van der Waals surface area contributed by atoms with Crippen LogP contribution in [0.25, 0.3) is 0 Å². The van der Waals surface area contributed by atoms with Gasteiger partial charge < -0.3 is 4.74 Å². The van der Waals surface area contributed by atoms with Crippen LogP contribution in [0.5, 0.6) is 5.75 Å². The number of hydrazine groups is 1. The molecule has 0 bridgehead atoms. The van der Waals surface area contributed by atoms with Crippen LogP contribution in [0.1, 0.15) is 10.4 Å². The first-order valence-electron chi connectivity index (χ1n) is 7.09. The minimum absolute atomic E-state index is 0.0486. The molecule has 0 fully saturated rings. The number of hydrogen-bond donors (Lipinski definition) is 3. The first-order chi connectivity index (χ1) is 12.4. The number of rotatable bonds is 4. The normalized spacial score (nSPS) is 9.96. The van der Waals surface area contributed by atoms with Crippen molar-refractivity contribution in [3.8, 4) is 5.75 Å². The van der Waals surface area contributed by atoms with Crippen molar-refractivity contribution in [3.05, 3.63) is 61.6 Å². The smallest absolute Gasteiger partial charge is 0.276 e. The summed E-state index contributed by atoms with van der Waals surface area (Å²) in [5.74, 6) is -0.575. The van der Waals surface area contributed by atoms with Crippen molar-refractivity contribution in [2.24, 2.45) is 0 Å². The van der Waals surface area contributed by atoms with Crippen molar-refractivity contribution in [1.82, 2.24) is 16.2 Å². The number of halogens is 3. The zero-order chi connectivity index (χ0) is 19.1. The highest BCUT2D eigenvalue weighted by Gasteiger charge is 2.11. The minimum Gasteiger partial charge on any atom is -0.482 e. The Balaban J connectivity index is 1.77. The van der Waals surface area contributed by atoms with Crippen molar-refractivity contribution >= 4 is 74.9 Å². The number of carbonyl (C=O) groups excluding carboxylic acids is 2. The average molecular weight is 524 g/mol. The molecule has 0 atom stereocenters. The predicted octanol–water partition coefficient (Wildman–Crippen LogP) is 3.31. The quantitative estimate of drug-likeness (QED) is 0.325. The second-order valence-electron chi connectivity index (χ2n) is 4.80. The average Bonchev–Trinajstić information content (AvgIpc) is 2.59. The standard InChI is InChI=1S/C16H12Cl2IN3O3S/c17-9-5-6-13(11(18)7-9)25-8-14(23)21-22-16(26)20-15(24)10-3-1-2-4-12(10)19/h1-7H,8H2,(H,21,23)(H2,20,22,24,26). The number of hydrogen-bond acceptors (Lipinski definition) is 4. The van der Waals surface area contributed by atoms with Gasteiger partial charge in [0.15, 0.2) is 11.7 Å². The molecular formula is C16H12Cl2IN3O3S. The Morgan fingerprint density at radius 2 is 1.85 bits per heavy atom. The van der Waals surface area contributed by atoms with Crippen molar-refractivity contribution in [2.45, 2.75) is 0 Å². The highest BCUT2D eigenvalue weighted by molar-refractivity contribution is 14.1. The summed E-state index contributed by atoms with van der Waals surface area (Å²) in [5, 5.41) is 3.17. The fourth-order valence-electron chi connectivity index (χ4n) is 1.75. The summed E-state index contributed by atoms with van der Waals surface area (Å²) in [6.45, 7) is -0.304. The van der Waals surface area contributed by atoms with Gasteiger partial charge >= 0.3 is 0 Å². The molecule has 0 aliphatic rings. The Bertz CT molecular complexity index is 851. The summed E-state index contributed by atoms with van der Waals surface area (Å²) in [6.07, 6.45) is 0. The van der Waals surface area contributed by atoms with Gasteiger partial charge in [0.1, 0.15) is 5.75 Å². The lowest BCUT2D eigenvalue weighted by Gasteiger charge is -2.12. The Labute approximate surface area is 178 Å². The molecule has 0 unspecified atom stereocenters. The van der Waals surface area contributed by atoms with Gasteiger partial charge in [0.25, 0.3) is 11.8 Å². The SMILES string of the molecule is O=C(COc1ccc(Cl)cc1Cl)NNC(=S)NC(=O)c1ccccc1I. The van der Waals surface area contributed by atoms with Crippen molar-refractivity contribution < 1.29 is 14.3 Å². The monoisotopic (exact) mass is 523 g/mol. The van der Waals surface area contributed by atoms with E-state index in [1.807, 2.05) is 28.7 Å². The number of amides is 2. The molecule has 26 heavy (non-hydrogen) atoms. The van der Waals surface area contributed by atoms with E-state index in [0.29, 0.717) is 21.4 Å². The van der Waals surface area contributed by atoms with Gasteiger partial charge in [-0.2, -0.15) is 0 Å². The topological polar surface area (TPSA) is 79.5 Å². The second kappa shape index (κ2) is 9.91. The van der Waals surface area contributed by atoms with Crippen LogP contribution >= 0.6 is 58.0 Å². The molecule has 2 rings (SSSR count). The summed E-state index contributed by atoms with van der Waals surface area (Å²) in [4.78, 5) is 23.9. The molecule has 6 nitrogen and oxygen atoms in total. The molecule has 0 aliphatic heterocycles. The van der Waals surface area contributed by atoms with Crippen LogP contribution in [0.4, 0.5) is 0 Å². The fourth-order valence-corrected chi connectivity index (χ4v) is 2.98. The van der Waals surface area contributed by atoms with Crippen LogP contribution in [-0.2, 0) is 4.79 Å². The van der Waals surface area contributed by atoms with Gasteiger partial charge in [-0.05, 0) is 65.1 Å². The third kappa shape index (κ3) is 6.27. The van der Waals surface area contributed by atoms with Crippen molar-refractivity contribution in [2.75, 3.05) is 6.61 Å². The molecule has 0 saturated heterocycles. The Hall–Kier alpha value is -1.62. The summed E-state index contributed by atoms with van der Waals surface area (Å²) in [6, 6.07) is 11.7.